The fraction of sp³-hybridized carbons (Fsp3) is 0.160. The number of aromatic nitrogens is 2. The molecule has 0 spiro atoms. The molecule has 2 aromatic carbocycles. The molecule has 3 amide bonds. The van der Waals surface area contributed by atoms with Crippen LogP contribution >= 0.6 is 11.3 Å². The molecule has 0 unspecified atom stereocenters. The standard InChI is InChI=1S/C25H20N4O4S/c30-21(12-5-13-29-24(31)17-8-2-3-9-18(17)25(29)32)26-19-10-4-1-7-16(19)15-22-27-23(28-33-22)20-11-6-14-34-20/h1-4,6-11,14H,5,12-13,15H2,(H,26,30). The molecule has 34 heavy (non-hydrogen) atoms. The van der Waals surface area contributed by atoms with Crippen LogP contribution in [-0.2, 0) is 11.2 Å². The normalized spacial score (nSPS) is 12.8. The zero-order chi connectivity index (χ0) is 23.5. The van der Waals surface area contributed by atoms with Gasteiger partial charge in [0.15, 0.2) is 0 Å². The molecular formula is C25H20N4O4S. The highest BCUT2D eigenvalue weighted by Gasteiger charge is 2.34. The summed E-state index contributed by atoms with van der Waals surface area (Å²) in [4.78, 5) is 44.1. The Bertz CT molecular complexity index is 1330. The van der Waals surface area contributed by atoms with Gasteiger partial charge in [-0.25, -0.2) is 0 Å². The lowest BCUT2D eigenvalue weighted by atomic mass is 10.1. The molecule has 0 saturated carbocycles. The predicted molar refractivity (Wildman–Crippen MR) is 127 cm³/mol. The van der Waals surface area contributed by atoms with E-state index in [-0.39, 0.29) is 30.7 Å². The van der Waals surface area contributed by atoms with Gasteiger partial charge in [-0.3, -0.25) is 19.3 Å². The van der Waals surface area contributed by atoms with Crippen LogP contribution in [0.25, 0.3) is 10.7 Å². The summed E-state index contributed by atoms with van der Waals surface area (Å²) >= 11 is 1.53. The van der Waals surface area contributed by atoms with Crippen molar-refractivity contribution < 1.29 is 18.9 Å². The lowest BCUT2D eigenvalue weighted by Gasteiger charge is -2.14. The number of nitrogens with one attached hydrogen (secondary N) is 1. The molecule has 4 aromatic rings. The van der Waals surface area contributed by atoms with E-state index in [4.69, 9.17) is 4.52 Å². The summed E-state index contributed by atoms with van der Waals surface area (Å²) in [5.74, 6) is 0.171. The number of hydrogen-bond donors (Lipinski definition) is 1. The number of anilines is 1. The van der Waals surface area contributed by atoms with Crippen LogP contribution in [0.5, 0.6) is 0 Å². The molecule has 1 aliphatic heterocycles. The Hall–Kier alpha value is -4.11. The van der Waals surface area contributed by atoms with E-state index in [0.717, 1.165) is 10.4 Å². The molecule has 1 N–H and O–H groups in total. The van der Waals surface area contributed by atoms with E-state index in [9.17, 15) is 14.4 Å². The smallest absolute Gasteiger partial charge is 0.261 e. The van der Waals surface area contributed by atoms with Crippen molar-refractivity contribution in [1.29, 1.82) is 0 Å². The van der Waals surface area contributed by atoms with Crippen molar-refractivity contribution in [3.63, 3.8) is 0 Å². The van der Waals surface area contributed by atoms with Gasteiger partial charge in [0, 0.05) is 18.7 Å². The molecule has 2 aromatic heterocycles. The van der Waals surface area contributed by atoms with E-state index in [2.05, 4.69) is 15.5 Å². The highest BCUT2D eigenvalue weighted by atomic mass is 32.1. The number of amides is 3. The maximum absolute atomic E-state index is 12.6. The first-order valence-corrected chi connectivity index (χ1v) is 11.7. The van der Waals surface area contributed by atoms with Crippen molar-refractivity contribution in [1.82, 2.24) is 15.0 Å². The van der Waals surface area contributed by atoms with E-state index in [1.165, 1.54) is 16.2 Å². The average Bonchev–Trinajstić information content (AvgIpc) is 3.58. The second-order valence-electron chi connectivity index (χ2n) is 7.78. The minimum atomic E-state index is -0.312. The summed E-state index contributed by atoms with van der Waals surface area (Å²) in [5.41, 5.74) is 2.32. The van der Waals surface area contributed by atoms with Crippen LogP contribution in [0.1, 0.15) is 45.0 Å². The third kappa shape index (κ3) is 4.38. The lowest BCUT2D eigenvalue weighted by molar-refractivity contribution is -0.116. The third-order valence-corrected chi connectivity index (χ3v) is 6.37. The van der Waals surface area contributed by atoms with Gasteiger partial charge in [0.1, 0.15) is 0 Å². The zero-order valence-electron chi connectivity index (χ0n) is 18.1. The first-order chi connectivity index (χ1) is 16.6. The third-order valence-electron chi connectivity index (χ3n) is 5.51. The number of benzene rings is 2. The molecule has 0 atom stereocenters. The van der Waals surface area contributed by atoms with Gasteiger partial charge in [-0.2, -0.15) is 4.98 Å². The van der Waals surface area contributed by atoms with Crippen LogP contribution < -0.4 is 5.32 Å². The first kappa shape index (κ1) is 21.7. The fourth-order valence-electron chi connectivity index (χ4n) is 3.84. The van der Waals surface area contributed by atoms with Crippen LogP contribution in [0.4, 0.5) is 5.69 Å². The predicted octanol–water partition coefficient (Wildman–Crippen LogP) is 4.40. The number of fused-ring (bicyclic) bond motifs is 1. The summed E-state index contributed by atoms with van der Waals surface area (Å²) in [7, 11) is 0. The summed E-state index contributed by atoms with van der Waals surface area (Å²) in [6.07, 6.45) is 0.919. The van der Waals surface area contributed by atoms with Crippen molar-refractivity contribution in [2.75, 3.05) is 11.9 Å². The van der Waals surface area contributed by atoms with Crippen LogP contribution in [0.3, 0.4) is 0 Å². The molecule has 170 valence electrons. The van der Waals surface area contributed by atoms with Gasteiger partial charge in [0.05, 0.1) is 22.4 Å². The number of hydrogen-bond acceptors (Lipinski definition) is 7. The lowest BCUT2D eigenvalue weighted by Crippen LogP contribution is -2.31. The van der Waals surface area contributed by atoms with Crippen LogP contribution in [0.15, 0.2) is 70.6 Å². The van der Waals surface area contributed by atoms with Crippen molar-refractivity contribution in [2.24, 2.45) is 0 Å². The maximum atomic E-state index is 12.6. The monoisotopic (exact) mass is 472 g/mol. The van der Waals surface area contributed by atoms with Crippen LogP contribution in [-0.4, -0.2) is 39.3 Å². The van der Waals surface area contributed by atoms with Gasteiger partial charge >= 0.3 is 0 Å². The SMILES string of the molecule is O=C(CCCN1C(=O)c2ccccc2C1=O)Nc1ccccc1Cc1nc(-c2cccs2)no1. The number of carbonyl (C=O) groups is 3. The number of para-hydroxylation sites is 1. The summed E-state index contributed by atoms with van der Waals surface area (Å²) in [6, 6.07) is 18.0. The number of thiophene rings is 1. The van der Waals surface area contributed by atoms with Gasteiger partial charge < -0.3 is 9.84 Å². The number of rotatable bonds is 8. The first-order valence-electron chi connectivity index (χ1n) is 10.8. The van der Waals surface area contributed by atoms with Crippen molar-refractivity contribution in [3.8, 4) is 10.7 Å². The van der Waals surface area contributed by atoms with Gasteiger partial charge in [-0.1, -0.05) is 41.6 Å². The number of nitrogens with zero attached hydrogens (tertiary/aromatic N) is 3. The Balaban J connectivity index is 1.18. The van der Waals surface area contributed by atoms with Gasteiger partial charge in [0.2, 0.25) is 17.6 Å². The van der Waals surface area contributed by atoms with Crippen molar-refractivity contribution >= 4 is 34.7 Å². The Morgan fingerprint density at radius 3 is 2.44 bits per heavy atom. The van der Waals surface area contributed by atoms with Gasteiger partial charge in [-0.05, 0) is 41.6 Å². The van der Waals surface area contributed by atoms with Gasteiger partial charge in [0.25, 0.3) is 11.8 Å². The average molecular weight is 473 g/mol. The minimum Gasteiger partial charge on any atom is -0.339 e. The topological polar surface area (TPSA) is 105 Å². The van der Waals surface area contributed by atoms with Crippen molar-refractivity contribution in [3.05, 3.63) is 88.6 Å². The largest absolute Gasteiger partial charge is 0.339 e. The molecule has 5 rings (SSSR count). The van der Waals surface area contributed by atoms with E-state index in [1.807, 2.05) is 41.8 Å². The van der Waals surface area contributed by atoms with E-state index >= 15 is 0 Å². The van der Waals surface area contributed by atoms with E-state index in [0.29, 0.717) is 41.4 Å². The molecule has 9 heteroatoms. The molecule has 0 radical (unpaired) electrons. The number of imide groups is 1. The summed E-state index contributed by atoms with van der Waals surface area (Å²) < 4.78 is 5.38. The molecule has 0 saturated heterocycles. The molecular weight excluding hydrogens is 452 g/mol. The molecule has 0 aliphatic carbocycles. The second-order valence-corrected chi connectivity index (χ2v) is 8.73. The van der Waals surface area contributed by atoms with Gasteiger partial charge in [-0.15, -0.1) is 11.3 Å². The van der Waals surface area contributed by atoms with E-state index in [1.54, 1.807) is 24.3 Å². The molecule has 8 nitrogen and oxygen atoms in total. The minimum absolute atomic E-state index is 0.171. The Morgan fingerprint density at radius 1 is 0.971 bits per heavy atom. The summed E-state index contributed by atoms with van der Waals surface area (Å²) in [6.45, 7) is 0.189. The molecule has 0 bridgehead atoms. The van der Waals surface area contributed by atoms with Crippen molar-refractivity contribution in [2.45, 2.75) is 19.3 Å². The second kappa shape index (κ2) is 9.40. The zero-order valence-corrected chi connectivity index (χ0v) is 18.9. The molecule has 1 aliphatic rings. The van der Waals surface area contributed by atoms with E-state index < -0.39 is 0 Å². The quantitative estimate of drug-likeness (QED) is 0.381. The van der Waals surface area contributed by atoms with Crippen LogP contribution in [0.2, 0.25) is 0 Å². The molecule has 3 heterocycles. The highest BCUT2D eigenvalue weighted by Crippen LogP contribution is 2.25. The Morgan fingerprint density at radius 2 is 1.71 bits per heavy atom. The maximum Gasteiger partial charge on any atom is 0.261 e. The highest BCUT2D eigenvalue weighted by molar-refractivity contribution is 7.13. The Labute approximate surface area is 199 Å². The Kier molecular flexibility index (Phi) is 6.01. The number of carbonyl (C=O) groups excluding carboxylic acids is 3. The molecule has 0 fully saturated rings. The summed E-state index contributed by atoms with van der Waals surface area (Å²) in [5, 5.41) is 8.89. The fourth-order valence-corrected chi connectivity index (χ4v) is 4.49. The van der Waals surface area contributed by atoms with Crippen LogP contribution in [0, 0.1) is 0 Å².